The van der Waals surface area contributed by atoms with Crippen molar-refractivity contribution in [2.45, 2.75) is 31.8 Å². The van der Waals surface area contributed by atoms with Crippen LogP contribution in [0.15, 0.2) is 22.7 Å². The molecule has 5 heteroatoms. The van der Waals surface area contributed by atoms with Gasteiger partial charge in [0.05, 0.1) is 5.02 Å². The third-order valence-corrected chi connectivity index (χ3v) is 4.56. The van der Waals surface area contributed by atoms with Crippen molar-refractivity contribution in [2.75, 3.05) is 6.54 Å². The van der Waals surface area contributed by atoms with Crippen molar-refractivity contribution in [1.29, 1.82) is 0 Å². The maximum absolute atomic E-state index is 12.4. The van der Waals surface area contributed by atoms with Gasteiger partial charge in [-0.2, -0.15) is 0 Å². The van der Waals surface area contributed by atoms with Gasteiger partial charge < -0.3 is 10.6 Å². The second-order valence-corrected chi connectivity index (χ2v) is 6.02. The molecule has 1 aromatic carbocycles. The molecule has 0 spiro atoms. The second kappa shape index (κ2) is 5.59. The minimum absolute atomic E-state index is 0.0479. The fourth-order valence-corrected chi connectivity index (χ4v) is 2.80. The summed E-state index contributed by atoms with van der Waals surface area (Å²) in [7, 11) is 0. The number of benzene rings is 1. The first kappa shape index (κ1) is 13.8. The van der Waals surface area contributed by atoms with Gasteiger partial charge in [0.25, 0.3) is 5.91 Å². The smallest absolute Gasteiger partial charge is 0.254 e. The van der Waals surface area contributed by atoms with Gasteiger partial charge in [-0.15, -0.1) is 0 Å². The summed E-state index contributed by atoms with van der Waals surface area (Å²) >= 11 is 9.27. The molecule has 2 rings (SSSR count). The van der Waals surface area contributed by atoms with Crippen LogP contribution in [0.25, 0.3) is 0 Å². The van der Waals surface area contributed by atoms with E-state index in [4.69, 9.17) is 17.3 Å². The third-order valence-electron chi connectivity index (χ3n) is 3.34. The van der Waals surface area contributed by atoms with Crippen LogP contribution < -0.4 is 5.73 Å². The van der Waals surface area contributed by atoms with Crippen LogP contribution >= 0.6 is 27.5 Å². The highest BCUT2D eigenvalue weighted by Crippen LogP contribution is 2.25. The lowest BCUT2D eigenvalue weighted by atomic mass is 9.98. The van der Waals surface area contributed by atoms with E-state index in [1.54, 1.807) is 18.2 Å². The first-order valence-corrected chi connectivity index (χ1v) is 7.17. The Morgan fingerprint density at radius 1 is 1.56 bits per heavy atom. The minimum Gasteiger partial charge on any atom is -0.336 e. The molecule has 0 radical (unpaired) electrons. The van der Waals surface area contributed by atoms with Crippen LogP contribution in [0.3, 0.4) is 0 Å². The molecule has 1 heterocycles. The standard InChI is InChI=1S/C13H16BrClN2O/c1-8-6-10(16)4-5-17(8)13(18)9-2-3-12(15)11(14)7-9/h2-3,7-8,10H,4-6,16H2,1H3. The van der Waals surface area contributed by atoms with Crippen LogP contribution in [-0.2, 0) is 0 Å². The molecule has 1 aliphatic heterocycles. The maximum Gasteiger partial charge on any atom is 0.254 e. The second-order valence-electron chi connectivity index (χ2n) is 4.76. The summed E-state index contributed by atoms with van der Waals surface area (Å²) < 4.78 is 0.747. The summed E-state index contributed by atoms with van der Waals surface area (Å²) in [6, 6.07) is 5.67. The highest BCUT2D eigenvalue weighted by Gasteiger charge is 2.27. The molecule has 2 N–H and O–H groups in total. The summed E-state index contributed by atoms with van der Waals surface area (Å²) in [6.07, 6.45) is 1.73. The summed E-state index contributed by atoms with van der Waals surface area (Å²) in [6.45, 7) is 2.77. The molecule has 0 bridgehead atoms. The fourth-order valence-electron chi connectivity index (χ4n) is 2.31. The van der Waals surface area contributed by atoms with E-state index in [1.165, 1.54) is 0 Å². The first-order valence-electron chi connectivity index (χ1n) is 6.00. The third kappa shape index (κ3) is 2.87. The van der Waals surface area contributed by atoms with E-state index in [-0.39, 0.29) is 18.0 Å². The quantitative estimate of drug-likeness (QED) is 0.859. The number of amides is 1. The van der Waals surface area contributed by atoms with Crippen LogP contribution in [0, 0.1) is 0 Å². The topological polar surface area (TPSA) is 46.3 Å². The lowest BCUT2D eigenvalue weighted by Gasteiger charge is -2.36. The lowest BCUT2D eigenvalue weighted by Crippen LogP contribution is -2.48. The molecule has 0 aromatic heterocycles. The van der Waals surface area contributed by atoms with Crippen LogP contribution in [0.5, 0.6) is 0 Å². The summed E-state index contributed by atoms with van der Waals surface area (Å²) in [4.78, 5) is 14.3. The molecule has 1 aromatic rings. The number of carbonyl (C=O) groups excluding carboxylic acids is 1. The molecule has 1 saturated heterocycles. The molecule has 0 saturated carbocycles. The number of likely N-dealkylation sites (tertiary alicyclic amines) is 1. The summed E-state index contributed by atoms with van der Waals surface area (Å²) in [5, 5.41) is 0.611. The van der Waals surface area contributed by atoms with Gasteiger partial charge in [-0.25, -0.2) is 0 Å². The fraction of sp³-hybridized carbons (Fsp3) is 0.462. The maximum atomic E-state index is 12.4. The van der Waals surface area contributed by atoms with Gasteiger partial charge in [0.1, 0.15) is 0 Å². The molecule has 3 nitrogen and oxygen atoms in total. The van der Waals surface area contributed by atoms with Crippen molar-refractivity contribution >= 4 is 33.4 Å². The average molecular weight is 332 g/mol. The van der Waals surface area contributed by atoms with E-state index in [0.29, 0.717) is 10.6 Å². The first-order chi connectivity index (χ1) is 8.49. The highest BCUT2D eigenvalue weighted by molar-refractivity contribution is 9.10. The van der Waals surface area contributed by atoms with E-state index in [9.17, 15) is 4.79 Å². The number of hydrogen-bond acceptors (Lipinski definition) is 2. The lowest BCUT2D eigenvalue weighted by molar-refractivity contribution is 0.0619. The van der Waals surface area contributed by atoms with Crippen LogP contribution in [0.1, 0.15) is 30.1 Å². The molecular formula is C13H16BrClN2O. The molecule has 1 aliphatic rings. The summed E-state index contributed by atoms with van der Waals surface area (Å²) in [5.41, 5.74) is 6.57. The highest BCUT2D eigenvalue weighted by atomic mass is 79.9. The number of hydrogen-bond donors (Lipinski definition) is 1. The van der Waals surface area contributed by atoms with Crippen molar-refractivity contribution < 1.29 is 4.79 Å². The number of carbonyl (C=O) groups is 1. The molecule has 1 amide bonds. The monoisotopic (exact) mass is 330 g/mol. The van der Waals surface area contributed by atoms with Gasteiger partial charge in [0.2, 0.25) is 0 Å². The number of piperidine rings is 1. The molecular weight excluding hydrogens is 316 g/mol. The van der Waals surface area contributed by atoms with Crippen molar-refractivity contribution in [3.05, 3.63) is 33.3 Å². The zero-order chi connectivity index (χ0) is 13.3. The number of nitrogens with zero attached hydrogens (tertiary/aromatic N) is 1. The van der Waals surface area contributed by atoms with Gasteiger partial charge in [0.15, 0.2) is 0 Å². The normalized spacial score (nSPS) is 24.1. The Kier molecular flexibility index (Phi) is 4.30. The Balaban J connectivity index is 2.18. The molecule has 2 unspecified atom stereocenters. The Hall–Kier alpha value is -0.580. The van der Waals surface area contributed by atoms with E-state index in [2.05, 4.69) is 15.9 Å². The largest absolute Gasteiger partial charge is 0.336 e. The zero-order valence-corrected chi connectivity index (χ0v) is 12.5. The van der Waals surface area contributed by atoms with Crippen molar-refractivity contribution in [3.8, 4) is 0 Å². The van der Waals surface area contributed by atoms with Crippen LogP contribution in [-0.4, -0.2) is 29.4 Å². The van der Waals surface area contributed by atoms with E-state index in [1.807, 2.05) is 11.8 Å². The molecule has 0 aliphatic carbocycles. The predicted octanol–water partition coefficient (Wildman–Crippen LogP) is 3.05. The molecule has 98 valence electrons. The van der Waals surface area contributed by atoms with Crippen molar-refractivity contribution in [1.82, 2.24) is 4.90 Å². The van der Waals surface area contributed by atoms with Gasteiger partial charge in [0, 0.05) is 28.7 Å². The van der Waals surface area contributed by atoms with Crippen LogP contribution in [0.4, 0.5) is 0 Å². The minimum atomic E-state index is 0.0479. The predicted molar refractivity (Wildman–Crippen MR) is 76.9 cm³/mol. The Bertz CT molecular complexity index is 466. The number of rotatable bonds is 1. The SMILES string of the molecule is CC1CC(N)CCN1C(=O)c1ccc(Cl)c(Br)c1. The average Bonchev–Trinajstić information content (AvgIpc) is 2.32. The Labute approximate surface area is 120 Å². The van der Waals surface area contributed by atoms with E-state index >= 15 is 0 Å². The van der Waals surface area contributed by atoms with Crippen molar-refractivity contribution in [2.24, 2.45) is 5.73 Å². The van der Waals surface area contributed by atoms with Gasteiger partial charge in [-0.3, -0.25) is 4.79 Å². The Morgan fingerprint density at radius 2 is 2.28 bits per heavy atom. The van der Waals surface area contributed by atoms with Crippen LogP contribution in [0.2, 0.25) is 5.02 Å². The Morgan fingerprint density at radius 3 is 2.89 bits per heavy atom. The van der Waals surface area contributed by atoms with Gasteiger partial charge >= 0.3 is 0 Å². The zero-order valence-electron chi connectivity index (χ0n) is 10.2. The van der Waals surface area contributed by atoms with E-state index in [0.717, 1.165) is 23.9 Å². The van der Waals surface area contributed by atoms with Crippen molar-refractivity contribution in [3.63, 3.8) is 0 Å². The summed E-state index contributed by atoms with van der Waals surface area (Å²) in [5.74, 6) is 0.0479. The molecule has 18 heavy (non-hydrogen) atoms. The molecule has 1 fully saturated rings. The van der Waals surface area contributed by atoms with E-state index < -0.39 is 0 Å². The number of halogens is 2. The number of nitrogens with two attached hydrogens (primary N) is 1. The van der Waals surface area contributed by atoms with Gasteiger partial charge in [-0.1, -0.05) is 11.6 Å². The molecule has 2 atom stereocenters. The van der Waals surface area contributed by atoms with Gasteiger partial charge in [-0.05, 0) is 53.9 Å².